The van der Waals surface area contributed by atoms with Crippen LogP contribution in [-0.4, -0.2) is 35.5 Å². The lowest BCUT2D eigenvalue weighted by atomic mass is 10.3. The van der Waals surface area contributed by atoms with Gasteiger partial charge in [0.15, 0.2) is 0 Å². The van der Waals surface area contributed by atoms with Crippen LogP contribution in [-0.2, 0) is 14.3 Å². The van der Waals surface area contributed by atoms with Crippen molar-refractivity contribution in [3.05, 3.63) is 24.3 Å². The number of aliphatic carboxylic acids is 1. The van der Waals surface area contributed by atoms with Gasteiger partial charge < -0.3 is 9.84 Å². The fourth-order valence-corrected chi connectivity index (χ4v) is 0.448. The van der Waals surface area contributed by atoms with Crippen molar-refractivity contribution in [3.8, 4) is 0 Å². The van der Waals surface area contributed by atoms with E-state index in [1.54, 1.807) is 0 Å². The van der Waals surface area contributed by atoms with Crippen molar-refractivity contribution in [1.29, 1.82) is 0 Å². The summed E-state index contributed by atoms with van der Waals surface area (Å²) in [6, 6.07) is 0. The normalized spacial score (nSPS) is 13.6. The molecule has 0 aliphatic carbocycles. The maximum absolute atomic E-state index is 12.7. The van der Waals surface area contributed by atoms with E-state index in [1.807, 2.05) is 0 Å². The van der Waals surface area contributed by atoms with Crippen LogP contribution in [0.15, 0.2) is 24.3 Å². The van der Waals surface area contributed by atoms with Crippen LogP contribution < -0.4 is 0 Å². The topological polar surface area (TPSA) is 63.6 Å². The molecule has 21 heavy (non-hydrogen) atoms. The summed E-state index contributed by atoms with van der Waals surface area (Å²) in [4.78, 5) is 20.1. The summed E-state index contributed by atoms with van der Waals surface area (Å²) in [5, 5.41) is 7.89. The number of alkyl halides is 6. The lowest BCUT2D eigenvalue weighted by Gasteiger charge is -2.26. The first-order valence-electron chi connectivity index (χ1n) is 4.98. The largest absolute Gasteiger partial charge is 0.478 e. The van der Waals surface area contributed by atoms with E-state index < -0.39 is 36.0 Å². The lowest BCUT2D eigenvalue weighted by molar-refractivity contribution is -0.354. The first-order valence-corrected chi connectivity index (χ1v) is 4.98. The molecule has 4 nitrogen and oxygen atoms in total. The molecule has 0 aromatic rings. The van der Waals surface area contributed by atoms with Gasteiger partial charge in [-0.05, 0) is 13.8 Å². The quantitative estimate of drug-likeness (QED) is 0.490. The molecule has 0 aliphatic rings. The second kappa shape index (κ2) is 7.70. The number of carboxylic acids is 1. The maximum Gasteiger partial charge on any atom is 0.466 e. The molecule has 0 bridgehead atoms. The summed E-state index contributed by atoms with van der Waals surface area (Å²) < 4.78 is 74.8. The molecule has 1 N–H and O–H groups in total. The number of carbonyl (C=O) groups excluding carboxylic acids is 1. The first kappa shape index (κ1) is 21.3. The SMILES string of the molecule is C=C(C)C(=O)O.C=C(C)C(=O)OC(F)(C(F)F)C(F)(F)F. The highest BCUT2D eigenvalue weighted by Gasteiger charge is 2.66. The molecule has 0 saturated heterocycles. The van der Waals surface area contributed by atoms with Crippen LogP contribution in [0, 0.1) is 0 Å². The van der Waals surface area contributed by atoms with E-state index in [0.717, 1.165) is 6.92 Å². The summed E-state index contributed by atoms with van der Waals surface area (Å²) in [7, 11) is 0. The highest BCUT2D eigenvalue weighted by atomic mass is 19.4. The molecule has 1 unspecified atom stereocenters. The van der Waals surface area contributed by atoms with Crippen LogP contribution in [0.2, 0.25) is 0 Å². The van der Waals surface area contributed by atoms with Gasteiger partial charge in [0.1, 0.15) is 0 Å². The number of esters is 1. The molecule has 0 rings (SSSR count). The Morgan fingerprint density at radius 2 is 1.38 bits per heavy atom. The van der Waals surface area contributed by atoms with Crippen LogP contribution in [0.3, 0.4) is 0 Å². The van der Waals surface area contributed by atoms with Gasteiger partial charge in [-0.25, -0.2) is 18.4 Å². The van der Waals surface area contributed by atoms with Gasteiger partial charge in [-0.15, -0.1) is 0 Å². The third-order valence-corrected chi connectivity index (χ3v) is 1.62. The number of ether oxygens (including phenoxy) is 1. The minimum Gasteiger partial charge on any atom is -0.478 e. The van der Waals surface area contributed by atoms with Crippen LogP contribution in [0.1, 0.15) is 13.8 Å². The van der Waals surface area contributed by atoms with Crippen LogP contribution in [0.5, 0.6) is 0 Å². The average Bonchev–Trinajstić information content (AvgIpc) is 2.27. The predicted molar refractivity (Wildman–Crippen MR) is 59.3 cm³/mol. The maximum atomic E-state index is 12.7. The number of carbonyl (C=O) groups is 2. The third-order valence-electron chi connectivity index (χ3n) is 1.62. The van der Waals surface area contributed by atoms with E-state index in [2.05, 4.69) is 17.9 Å². The Morgan fingerprint density at radius 3 is 1.52 bits per heavy atom. The monoisotopic (exact) mass is 322 g/mol. The van der Waals surface area contributed by atoms with Crippen molar-refractivity contribution in [3.63, 3.8) is 0 Å². The number of hydrogen-bond acceptors (Lipinski definition) is 3. The summed E-state index contributed by atoms with van der Waals surface area (Å²) in [5.74, 6) is -8.12. The Bertz CT molecular complexity index is 417. The number of carboxylic acid groups (broad SMARTS) is 1. The third kappa shape index (κ3) is 6.82. The zero-order valence-corrected chi connectivity index (χ0v) is 10.9. The van der Waals surface area contributed by atoms with Gasteiger partial charge in [-0.2, -0.15) is 17.6 Å². The Hall–Kier alpha value is -2.00. The number of halogens is 6. The van der Waals surface area contributed by atoms with Crippen LogP contribution in [0.4, 0.5) is 26.3 Å². The number of hydrogen-bond donors (Lipinski definition) is 1. The summed E-state index contributed by atoms with van der Waals surface area (Å²) in [6.07, 6.45) is -10.5. The second-order valence-electron chi connectivity index (χ2n) is 3.70. The fraction of sp³-hybridized carbons (Fsp3) is 0.455. The van der Waals surface area contributed by atoms with Crippen molar-refractivity contribution >= 4 is 11.9 Å². The molecule has 0 amide bonds. The van der Waals surface area contributed by atoms with Crippen molar-refractivity contribution in [2.45, 2.75) is 32.3 Å². The lowest BCUT2D eigenvalue weighted by Crippen LogP contribution is -2.51. The molecule has 0 aromatic carbocycles. The molecule has 0 aliphatic heterocycles. The van der Waals surface area contributed by atoms with E-state index >= 15 is 0 Å². The second-order valence-corrected chi connectivity index (χ2v) is 3.70. The highest BCUT2D eigenvalue weighted by molar-refractivity contribution is 5.87. The standard InChI is InChI=1S/C7H6F6O2.C4H6O2/c1-3(2)4(14)15-6(10,5(8)9)7(11,12)13;1-3(2)4(5)6/h5H,1H2,2H3;1H2,2H3,(H,5,6). The minimum absolute atomic E-state index is 0.176. The number of rotatable bonds is 4. The first-order chi connectivity index (χ1) is 9.16. The summed E-state index contributed by atoms with van der Waals surface area (Å²) in [5.41, 5.74) is -0.447. The van der Waals surface area contributed by atoms with Crippen molar-refractivity contribution in [2.24, 2.45) is 0 Å². The van der Waals surface area contributed by atoms with E-state index in [4.69, 9.17) is 5.11 Å². The average molecular weight is 322 g/mol. The van der Waals surface area contributed by atoms with Gasteiger partial charge in [-0.3, -0.25) is 0 Å². The molecular weight excluding hydrogens is 310 g/mol. The van der Waals surface area contributed by atoms with E-state index in [9.17, 15) is 35.9 Å². The Balaban J connectivity index is 0. The van der Waals surface area contributed by atoms with Gasteiger partial charge in [0.25, 0.3) is 0 Å². The van der Waals surface area contributed by atoms with E-state index in [-0.39, 0.29) is 5.57 Å². The summed E-state index contributed by atoms with van der Waals surface area (Å²) >= 11 is 0. The minimum atomic E-state index is -6.01. The van der Waals surface area contributed by atoms with Gasteiger partial charge in [0.2, 0.25) is 0 Å². The molecule has 0 radical (unpaired) electrons. The smallest absolute Gasteiger partial charge is 0.466 e. The Kier molecular flexibility index (Phi) is 7.81. The molecule has 10 heteroatoms. The molecule has 122 valence electrons. The van der Waals surface area contributed by atoms with Gasteiger partial charge >= 0.3 is 30.4 Å². The zero-order chi connectivity index (χ0) is 17.6. The van der Waals surface area contributed by atoms with E-state index in [0.29, 0.717) is 0 Å². The fourth-order valence-electron chi connectivity index (χ4n) is 0.448. The van der Waals surface area contributed by atoms with Crippen molar-refractivity contribution < 1.29 is 45.8 Å². The molecule has 0 fully saturated rings. The molecule has 0 saturated carbocycles. The van der Waals surface area contributed by atoms with Crippen molar-refractivity contribution in [1.82, 2.24) is 0 Å². The van der Waals surface area contributed by atoms with Crippen LogP contribution in [0.25, 0.3) is 0 Å². The van der Waals surface area contributed by atoms with Gasteiger partial charge in [0.05, 0.1) is 0 Å². The highest BCUT2D eigenvalue weighted by Crippen LogP contribution is 2.40. The molecule has 1 atom stereocenters. The van der Waals surface area contributed by atoms with E-state index in [1.165, 1.54) is 6.92 Å². The Labute approximate surface area is 115 Å². The van der Waals surface area contributed by atoms with Gasteiger partial charge in [-0.1, -0.05) is 13.2 Å². The van der Waals surface area contributed by atoms with Gasteiger partial charge in [0, 0.05) is 11.1 Å². The van der Waals surface area contributed by atoms with Crippen molar-refractivity contribution in [2.75, 3.05) is 0 Å². The molecular formula is C11H12F6O4. The summed E-state index contributed by atoms with van der Waals surface area (Å²) in [6.45, 7) is 8.32. The zero-order valence-electron chi connectivity index (χ0n) is 10.9. The molecule has 0 heterocycles. The molecule has 0 aromatic heterocycles. The Morgan fingerprint density at radius 1 is 1.05 bits per heavy atom. The molecule has 0 spiro atoms. The predicted octanol–water partition coefficient (Wildman–Crippen LogP) is 3.25. The van der Waals surface area contributed by atoms with Crippen LogP contribution >= 0.6 is 0 Å².